The molecule has 0 spiro atoms. The summed E-state index contributed by atoms with van der Waals surface area (Å²) in [7, 11) is -2.05. The second-order valence-corrected chi connectivity index (χ2v) is 4.41. The fraction of sp³-hybridized carbons (Fsp3) is 0.800. The van der Waals surface area contributed by atoms with E-state index in [1.807, 2.05) is 0 Å². The molecule has 5 nitrogen and oxygen atoms in total. The average molecular weight is 181 g/mol. The zero-order valence-corrected chi connectivity index (χ0v) is 7.22. The summed E-state index contributed by atoms with van der Waals surface area (Å²) < 4.78 is 25.4. The number of methoxy groups -OCH3 is 1. The standard InChI is InChI=1S/C5H11NO4S/c1-10-5(7)4(6)3-11(2,8)9/h4H,3,6H2,1-2H3/t4-/m1/s1. The number of carbonyl (C=O) groups is 1. The summed E-state index contributed by atoms with van der Waals surface area (Å²) in [6.45, 7) is 0. The zero-order chi connectivity index (χ0) is 9.07. The molecule has 0 saturated heterocycles. The van der Waals surface area contributed by atoms with E-state index in [0.717, 1.165) is 13.4 Å². The molecule has 0 heterocycles. The maximum atomic E-state index is 10.6. The van der Waals surface area contributed by atoms with Gasteiger partial charge in [0.2, 0.25) is 0 Å². The second kappa shape index (κ2) is 3.68. The number of nitrogens with two attached hydrogens (primary N) is 1. The van der Waals surface area contributed by atoms with Crippen LogP contribution in [0, 0.1) is 0 Å². The Morgan fingerprint density at radius 3 is 2.36 bits per heavy atom. The fourth-order valence-electron chi connectivity index (χ4n) is 0.546. The normalized spacial score (nSPS) is 14.1. The minimum Gasteiger partial charge on any atom is -0.468 e. The van der Waals surface area contributed by atoms with Gasteiger partial charge in [0.1, 0.15) is 15.9 Å². The highest BCUT2D eigenvalue weighted by molar-refractivity contribution is 7.90. The van der Waals surface area contributed by atoms with E-state index in [2.05, 4.69) is 4.74 Å². The van der Waals surface area contributed by atoms with Crippen LogP contribution in [0.2, 0.25) is 0 Å². The van der Waals surface area contributed by atoms with Gasteiger partial charge in [0.05, 0.1) is 12.9 Å². The summed E-state index contributed by atoms with van der Waals surface area (Å²) in [6, 6.07) is -1.07. The van der Waals surface area contributed by atoms with Crippen molar-refractivity contribution in [3.8, 4) is 0 Å². The van der Waals surface area contributed by atoms with Gasteiger partial charge in [-0.25, -0.2) is 8.42 Å². The van der Waals surface area contributed by atoms with E-state index in [0.29, 0.717) is 0 Å². The van der Waals surface area contributed by atoms with E-state index in [-0.39, 0.29) is 5.75 Å². The maximum absolute atomic E-state index is 10.6. The minimum absolute atomic E-state index is 0.375. The SMILES string of the molecule is COC(=O)[C@H](N)CS(C)(=O)=O. The Kier molecular flexibility index (Phi) is 3.47. The summed E-state index contributed by atoms with van der Waals surface area (Å²) >= 11 is 0. The lowest BCUT2D eigenvalue weighted by molar-refractivity contribution is -0.141. The highest BCUT2D eigenvalue weighted by Crippen LogP contribution is 1.89. The highest BCUT2D eigenvalue weighted by Gasteiger charge is 2.18. The Morgan fingerprint density at radius 2 is 2.09 bits per heavy atom. The van der Waals surface area contributed by atoms with Crippen LogP contribution < -0.4 is 5.73 Å². The molecule has 1 atom stereocenters. The molecule has 0 aromatic rings. The van der Waals surface area contributed by atoms with Crippen LogP contribution in [0.1, 0.15) is 0 Å². The van der Waals surface area contributed by atoms with Crippen LogP contribution in [0.4, 0.5) is 0 Å². The summed E-state index contributed by atoms with van der Waals surface area (Å²) in [4.78, 5) is 10.6. The first-order chi connectivity index (χ1) is 4.87. The number of carbonyl (C=O) groups excluding carboxylic acids is 1. The number of ether oxygens (including phenoxy) is 1. The smallest absolute Gasteiger partial charge is 0.323 e. The summed E-state index contributed by atoms with van der Waals surface area (Å²) in [5, 5.41) is 0. The summed E-state index contributed by atoms with van der Waals surface area (Å²) in [5.41, 5.74) is 5.16. The van der Waals surface area contributed by atoms with Crippen molar-refractivity contribution in [2.24, 2.45) is 5.73 Å². The topological polar surface area (TPSA) is 86.5 Å². The second-order valence-electron chi connectivity index (χ2n) is 2.22. The Bertz CT molecular complexity index is 233. The van der Waals surface area contributed by atoms with Crippen LogP contribution in [-0.4, -0.2) is 39.5 Å². The van der Waals surface area contributed by atoms with Gasteiger partial charge in [-0.15, -0.1) is 0 Å². The molecular formula is C5H11NO4S. The minimum atomic E-state index is -3.20. The van der Waals surface area contributed by atoms with Gasteiger partial charge < -0.3 is 10.5 Å². The number of hydrogen-bond donors (Lipinski definition) is 1. The molecule has 2 N–H and O–H groups in total. The third-order valence-electron chi connectivity index (χ3n) is 0.986. The van der Waals surface area contributed by atoms with Gasteiger partial charge in [0.25, 0.3) is 0 Å². The molecule has 0 unspecified atom stereocenters. The molecule has 0 radical (unpaired) electrons. The molecule has 0 amide bonds. The Balaban J connectivity index is 4.09. The molecule has 0 rings (SSSR count). The van der Waals surface area contributed by atoms with E-state index in [1.54, 1.807) is 0 Å². The first-order valence-electron chi connectivity index (χ1n) is 2.88. The third-order valence-corrected chi connectivity index (χ3v) is 1.95. The van der Waals surface area contributed by atoms with Crippen molar-refractivity contribution in [2.45, 2.75) is 6.04 Å². The number of esters is 1. The van der Waals surface area contributed by atoms with Crippen LogP contribution in [0.3, 0.4) is 0 Å². The highest BCUT2D eigenvalue weighted by atomic mass is 32.2. The van der Waals surface area contributed by atoms with Gasteiger partial charge in [0.15, 0.2) is 0 Å². The summed E-state index contributed by atoms with van der Waals surface area (Å²) in [5.74, 6) is -1.09. The lowest BCUT2D eigenvalue weighted by Gasteiger charge is -2.06. The molecule has 0 bridgehead atoms. The van der Waals surface area contributed by atoms with Crippen molar-refractivity contribution in [1.82, 2.24) is 0 Å². The van der Waals surface area contributed by atoms with Crippen molar-refractivity contribution in [3.05, 3.63) is 0 Å². The van der Waals surface area contributed by atoms with E-state index in [4.69, 9.17) is 5.73 Å². The van der Waals surface area contributed by atoms with Gasteiger partial charge >= 0.3 is 5.97 Å². The van der Waals surface area contributed by atoms with Crippen molar-refractivity contribution in [1.29, 1.82) is 0 Å². The monoisotopic (exact) mass is 181 g/mol. The molecule has 0 aliphatic heterocycles. The quantitative estimate of drug-likeness (QED) is 0.537. The van der Waals surface area contributed by atoms with Gasteiger partial charge in [0, 0.05) is 6.26 Å². The first-order valence-corrected chi connectivity index (χ1v) is 4.94. The molecule has 66 valence electrons. The van der Waals surface area contributed by atoms with Crippen LogP contribution >= 0.6 is 0 Å². The van der Waals surface area contributed by atoms with E-state index in [9.17, 15) is 13.2 Å². The lowest BCUT2D eigenvalue weighted by Crippen LogP contribution is -2.37. The zero-order valence-electron chi connectivity index (χ0n) is 6.40. The van der Waals surface area contributed by atoms with Crippen LogP contribution in [0.5, 0.6) is 0 Å². The van der Waals surface area contributed by atoms with Crippen molar-refractivity contribution >= 4 is 15.8 Å². The summed E-state index contributed by atoms with van der Waals surface area (Å²) in [6.07, 6.45) is 1.01. The lowest BCUT2D eigenvalue weighted by atomic mass is 10.4. The van der Waals surface area contributed by atoms with Gasteiger partial charge in [-0.05, 0) is 0 Å². The maximum Gasteiger partial charge on any atom is 0.323 e. The Hall–Kier alpha value is -0.620. The molecule has 0 aromatic heterocycles. The van der Waals surface area contributed by atoms with E-state index >= 15 is 0 Å². The third kappa shape index (κ3) is 4.74. The predicted molar refractivity (Wildman–Crippen MR) is 39.7 cm³/mol. The Morgan fingerprint density at radius 1 is 1.64 bits per heavy atom. The van der Waals surface area contributed by atoms with Crippen molar-refractivity contribution in [2.75, 3.05) is 19.1 Å². The number of hydrogen-bond acceptors (Lipinski definition) is 5. The van der Waals surface area contributed by atoms with E-state index in [1.165, 1.54) is 0 Å². The van der Waals surface area contributed by atoms with Crippen molar-refractivity contribution in [3.63, 3.8) is 0 Å². The molecule has 6 heteroatoms. The number of sulfone groups is 1. The molecule has 0 fully saturated rings. The first kappa shape index (κ1) is 10.4. The molecular weight excluding hydrogens is 170 g/mol. The van der Waals surface area contributed by atoms with Gasteiger partial charge in [-0.3, -0.25) is 4.79 Å². The molecule has 0 aliphatic rings. The van der Waals surface area contributed by atoms with Gasteiger partial charge in [-0.2, -0.15) is 0 Å². The molecule has 0 aliphatic carbocycles. The van der Waals surface area contributed by atoms with Crippen LogP contribution in [0.15, 0.2) is 0 Å². The van der Waals surface area contributed by atoms with Crippen LogP contribution in [-0.2, 0) is 19.4 Å². The van der Waals surface area contributed by atoms with Crippen molar-refractivity contribution < 1.29 is 17.9 Å². The Labute approximate surface area is 65.4 Å². The van der Waals surface area contributed by atoms with E-state index < -0.39 is 21.8 Å². The molecule has 0 aromatic carbocycles. The van der Waals surface area contributed by atoms with Gasteiger partial charge in [-0.1, -0.05) is 0 Å². The largest absolute Gasteiger partial charge is 0.468 e. The fourth-order valence-corrected chi connectivity index (χ4v) is 1.33. The predicted octanol–water partition coefficient (Wildman–Crippen LogP) is -1.47. The average Bonchev–Trinajstić information content (AvgIpc) is 1.82. The van der Waals surface area contributed by atoms with Crippen LogP contribution in [0.25, 0.3) is 0 Å². The molecule has 11 heavy (non-hydrogen) atoms. The molecule has 0 saturated carbocycles. The number of rotatable bonds is 3.